The standard InChI is InChI=1S/C16H17N3O2/c1-9-5-10(2)14(11(3)6-9)12-7-19-8-13(15(20)21)18(4)16(19)17-12/h5-8H,1-4H3,(H,20,21). The fourth-order valence-electron chi connectivity index (χ4n) is 2.96. The third-order valence-electron chi connectivity index (χ3n) is 3.79. The number of carboxylic acid groups (broad SMARTS) is 1. The Bertz CT molecular complexity index is 848. The quantitative estimate of drug-likeness (QED) is 0.786. The first kappa shape index (κ1) is 13.4. The summed E-state index contributed by atoms with van der Waals surface area (Å²) < 4.78 is 3.35. The Hall–Kier alpha value is -2.56. The van der Waals surface area contributed by atoms with Crippen LogP contribution < -0.4 is 0 Å². The summed E-state index contributed by atoms with van der Waals surface area (Å²) in [4.78, 5) is 15.7. The van der Waals surface area contributed by atoms with Crippen LogP contribution in [0.3, 0.4) is 0 Å². The number of fused-ring (bicyclic) bond motifs is 1. The Kier molecular flexibility index (Phi) is 2.86. The third kappa shape index (κ3) is 2.01. The summed E-state index contributed by atoms with van der Waals surface area (Å²) in [6, 6.07) is 4.27. The molecule has 21 heavy (non-hydrogen) atoms. The van der Waals surface area contributed by atoms with Gasteiger partial charge >= 0.3 is 5.97 Å². The van der Waals surface area contributed by atoms with Crippen LogP contribution in [0.2, 0.25) is 0 Å². The zero-order valence-electron chi connectivity index (χ0n) is 12.5. The largest absolute Gasteiger partial charge is 0.477 e. The number of carboxylic acids is 1. The molecule has 0 spiro atoms. The van der Waals surface area contributed by atoms with Crippen LogP contribution in [0.4, 0.5) is 0 Å². The summed E-state index contributed by atoms with van der Waals surface area (Å²) in [5.74, 6) is -0.325. The number of rotatable bonds is 2. The smallest absolute Gasteiger partial charge is 0.354 e. The van der Waals surface area contributed by atoms with Gasteiger partial charge in [0.1, 0.15) is 5.69 Å². The molecule has 1 N–H and O–H groups in total. The lowest BCUT2D eigenvalue weighted by atomic mass is 9.98. The molecule has 3 rings (SSSR count). The number of aryl methyl sites for hydroxylation is 4. The van der Waals surface area contributed by atoms with Gasteiger partial charge in [-0.1, -0.05) is 17.7 Å². The van der Waals surface area contributed by atoms with Crippen LogP contribution in [-0.2, 0) is 7.05 Å². The normalized spacial score (nSPS) is 11.2. The van der Waals surface area contributed by atoms with Crippen molar-refractivity contribution in [1.82, 2.24) is 14.0 Å². The van der Waals surface area contributed by atoms with Crippen LogP contribution in [0.5, 0.6) is 0 Å². The first-order chi connectivity index (χ1) is 9.88. The first-order valence-corrected chi connectivity index (χ1v) is 6.74. The van der Waals surface area contributed by atoms with Crippen molar-refractivity contribution in [3.8, 4) is 11.3 Å². The molecule has 3 aromatic rings. The highest BCUT2D eigenvalue weighted by molar-refractivity contribution is 5.86. The lowest BCUT2D eigenvalue weighted by Crippen LogP contribution is -2.04. The molecule has 0 fully saturated rings. The topological polar surface area (TPSA) is 59.5 Å². The summed E-state index contributed by atoms with van der Waals surface area (Å²) in [7, 11) is 1.71. The number of hydrogen-bond donors (Lipinski definition) is 1. The van der Waals surface area contributed by atoms with E-state index in [9.17, 15) is 4.79 Å². The molecule has 5 nitrogen and oxygen atoms in total. The van der Waals surface area contributed by atoms with E-state index >= 15 is 0 Å². The SMILES string of the molecule is Cc1cc(C)c(-c2cn3cc(C(=O)O)n(C)c3n2)c(C)c1. The molecule has 0 aliphatic heterocycles. The predicted molar refractivity (Wildman–Crippen MR) is 80.8 cm³/mol. The number of imidazole rings is 2. The van der Waals surface area contributed by atoms with E-state index in [0.717, 1.165) is 11.3 Å². The van der Waals surface area contributed by atoms with Crippen molar-refractivity contribution in [3.63, 3.8) is 0 Å². The fourth-order valence-corrected chi connectivity index (χ4v) is 2.96. The molecule has 2 heterocycles. The molecule has 0 saturated carbocycles. The summed E-state index contributed by atoms with van der Waals surface area (Å²) in [6.07, 6.45) is 3.47. The Labute approximate surface area is 122 Å². The van der Waals surface area contributed by atoms with Crippen molar-refractivity contribution < 1.29 is 9.90 Å². The number of aromatic carboxylic acids is 1. The molecule has 0 unspecified atom stereocenters. The lowest BCUT2D eigenvalue weighted by Gasteiger charge is -2.08. The third-order valence-corrected chi connectivity index (χ3v) is 3.79. The van der Waals surface area contributed by atoms with E-state index in [0.29, 0.717) is 5.78 Å². The Morgan fingerprint density at radius 2 is 1.76 bits per heavy atom. The van der Waals surface area contributed by atoms with Crippen LogP contribution in [0.25, 0.3) is 17.0 Å². The minimum atomic E-state index is -0.952. The first-order valence-electron chi connectivity index (χ1n) is 6.74. The van der Waals surface area contributed by atoms with Crippen molar-refractivity contribution in [2.75, 3.05) is 0 Å². The van der Waals surface area contributed by atoms with Gasteiger partial charge in [-0.15, -0.1) is 0 Å². The van der Waals surface area contributed by atoms with E-state index < -0.39 is 5.97 Å². The monoisotopic (exact) mass is 283 g/mol. The molecule has 108 valence electrons. The Balaban J connectivity index is 2.21. The zero-order chi connectivity index (χ0) is 15.3. The number of nitrogens with zero attached hydrogens (tertiary/aromatic N) is 3. The van der Waals surface area contributed by atoms with E-state index in [1.807, 2.05) is 6.20 Å². The number of carbonyl (C=O) groups is 1. The average Bonchev–Trinajstić information content (AvgIpc) is 2.88. The van der Waals surface area contributed by atoms with Gasteiger partial charge in [-0.3, -0.25) is 4.40 Å². The molecule has 0 amide bonds. The summed E-state index contributed by atoms with van der Waals surface area (Å²) in [5, 5.41) is 9.13. The van der Waals surface area contributed by atoms with Crippen molar-refractivity contribution >= 4 is 11.7 Å². The molecule has 2 aromatic heterocycles. The highest BCUT2D eigenvalue weighted by Gasteiger charge is 2.17. The molecule has 0 bridgehead atoms. The van der Waals surface area contributed by atoms with Crippen molar-refractivity contribution in [3.05, 3.63) is 46.9 Å². The van der Waals surface area contributed by atoms with Crippen LogP contribution >= 0.6 is 0 Å². The van der Waals surface area contributed by atoms with Gasteiger partial charge in [0, 0.05) is 25.0 Å². The average molecular weight is 283 g/mol. The molecule has 0 atom stereocenters. The number of hydrogen-bond acceptors (Lipinski definition) is 2. The molecular formula is C16H17N3O2. The molecule has 1 aromatic carbocycles. The molecule has 0 saturated heterocycles. The van der Waals surface area contributed by atoms with Crippen molar-refractivity contribution in [2.45, 2.75) is 20.8 Å². The van der Waals surface area contributed by atoms with E-state index in [-0.39, 0.29) is 5.69 Å². The van der Waals surface area contributed by atoms with Crippen molar-refractivity contribution in [1.29, 1.82) is 0 Å². The van der Waals surface area contributed by atoms with Gasteiger partial charge in [-0.05, 0) is 31.9 Å². The predicted octanol–water partition coefficient (Wildman–Crippen LogP) is 2.96. The van der Waals surface area contributed by atoms with Gasteiger partial charge in [-0.25, -0.2) is 9.78 Å². The van der Waals surface area contributed by atoms with E-state index in [1.165, 1.54) is 16.7 Å². The summed E-state index contributed by atoms with van der Waals surface area (Å²) in [6.45, 7) is 6.22. The maximum atomic E-state index is 11.1. The van der Waals surface area contributed by atoms with Crippen LogP contribution in [0, 0.1) is 20.8 Å². The minimum Gasteiger partial charge on any atom is -0.477 e. The van der Waals surface area contributed by atoms with Gasteiger partial charge in [0.05, 0.1) is 5.69 Å². The lowest BCUT2D eigenvalue weighted by molar-refractivity contribution is 0.0686. The Morgan fingerprint density at radius 3 is 2.29 bits per heavy atom. The number of aromatic nitrogens is 3. The Morgan fingerprint density at radius 1 is 1.14 bits per heavy atom. The van der Waals surface area contributed by atoms with Gasteiger partial charge in [-0.2, -0.15) is 0 Å². The summed E-state index contributed by atoms with van der Waals surface area (Å²) >= 11 is 0. The second-order valence-corrected chi connectivity index (χ2v) is 5.49. The molecule has 5 heteroatoms. The second kappa shape index (κ2) is 4.48. The van der Waals surface area contributed by atoms with Crippen LogP contribution in [0.1, 0.15) is 27.2 Å². The minimum absolute atomic E-state index is 0.224. The maximum Gasteiger partial charge on any atom is 0.354 e. The highest BCUT2D eigenvalue weighted by atomic mass is 16.4. The van der Waals surface area contributed by atoms with E-state index in [4.69, 9.17) is 5.11 Å². The highest BCUT2D eigenvalue weighted by Crippen LogP contribution is 2.28. The number of benzene rings is 1. The van der Waals surface area contributed by atoms with Crippen LogP contribution in [0.15, 0.2) is 24.5 Å². The van der Waals surface area contributed by atoms with Gasteiger partial charge in [0.15, 0.2) is 0 Å². The maximum absolute atomic E-state index is 11.1. The van der Waals surface area contributed by atoms with E-state index in [2.05, 4.69) is 37.9 Å². The van der Waals surface area contributed by atoms with Crippen molar-refractivity contribution in [2.24, 2.45) is 7.05 Å². The molecular weight excluding hydrogens is 266 g/mol. The second-order valence-electron chi connectivity index (χ2n) is 5.49. The van der Waals surface area contributed by atoms with E-state index in [1.54, 1.807) is 22.2 Å². The molecule has 0 aliphatic rings. The molecule has 0 radical (unpaired) electrons. The summed E-state index contributed by atoms with van der Waals surface area (Å²) in [5.41, 5.74) is 5.78. The van der Waals surface area contributed by atoms with Gasteiger partial charge in [0.2, 0.25) is 5.78 Å². The zero-order valence-corrected chi connectivity index (χ0v) is 12.5. The molecule has 0 aliphatic carbocycles. The fraction of sp³-hybridized carbons (Fsp3) is 0.250. The van der Waals surface area contributed by atoms with Crippen LogP contribution in [-0.4, -0.2) is 25.0 Å². The van der Waals surface area contributed by atoms with Gasteiger partial charge in [0.25, 0.3) is 0 Å². The van der Waals surface area contributed by atoms with Gasteiger partial charge < -0.3 is 9.67 Å².